The Bertz CT molecular complexity index is 169. The Labute approximate surface area is 70.2 Å². The number of carbonyl (C=O) groups excluding carboxylic acids is 1. The number of aliphatic carboxylic acids is 1. The number of aliphatic hydroxyl groups is 1. The zero-order chi connectivity index (χ0) is 9.56. The average Bonchev–Trinajstić information content (AvgIpc) is 1.97. The highest BCUT2D eigenvalue weighted by atomic mass is 16.4. The van der Waals surface area contributed by atoms with Crippen LogP contribution < -0.4 is 5.73 Å². The standard InChI is InChI=1S/C7H13NO4/c8-7(12)5(9)3-1-2-4-6(10)11/h5,9H,1-4H2,(H2,8,12)(H,10,11). The van der Waals surface area contributed by atoms with Gasteiger partial charge in [0.15, 0.2) is 0 Å². The second-order valence-corrected chi connectivity index (χ2v) is 2.56. The number of amides is 1. The van der Waals surface area contributed by atoms with E-state index in [9.17, 15) is 9.59 Å². The summed E-state index contributed by atoms with van der Waals surface area (Å²) in [4.78, 5) is 20.3. The van der Waals surface area contributed by atoms with E-state index in [1.165, 1.54) is 0 Å². The lowest BCUT2D eigenvalue weighted by molar-refractivity contribution is -0.137. The normalized spacial score (nSPS) is 12.4. The summed E-state index contributed by atoms with van der Waals surface area (Å²) >= 11 is 0. The number of aliphatic hydroxyl groups excluding tert-OH is 1. The van der Waals surface area contributed by atoms with Crippen LogP contribution in [0, 0.1) is 0 Å². The molecule has 70 valence electrons. The number of carboxylic acids is 1. The third kappa shape index (κ3) is 5.67. The van der Waals surface area contributed by atoms with Gasteiger partial charge in [-0.15, -0.1) is 0 Å². The summed E-state index contributed by atoms with van der Waals surface area (Å²) in [5.74, 6) is -1.63. The molecule has 5 heteroatoms. The molecule has 0 aliphatic rings. The van der Waals surface area contributed by atoms with Crippen LogP contribution in [0.1, 0.15) is 25.7 Å². The molecule has 0 aromatic rings. The van der Waals surface area contributed by atoms with E-state index in [-0.39, 0.29) is 12.8 Å². The Kier molecular flexibility index (Phi) is 5.03. The molecule has 1 amide bonds. The van der Waals surface area contributed by atoms with Crippen LogP contribution in [0.15, 0.2) is 0 Å². The van der Waals surface area contributed by atoms with Crippen LogP contribution in [0.25, 0.3) is 0 Å². The monoisotopic (exact) mass is 175 g/mol. The van der Waals surface area contributed by atoms with Crippen molar-refractivity contribution >= 4 is 11.9 Å². The first-order chi connectivity index (χ1) is 5.54. The van der Waals surface area contributed by atoms with Gasteiger partial charge in [0, 0.05) is 6.42 Å². The summed E-state index contributed by atoms with van der Waals surface area (Å²) in [5, 5.41) is 17.1. The highest BCUT2D eigenvalue weighted by molar-refractivity contribution is 5.78. The van der Waals surface area contributed by atoms with Gasteiger partial charge < -0.3 is 15.9 Å². The lowest BCUT2D eigenvalue weighted by atomic mass is 10.1. The van der Waals surface area contributed by atoms with E-state index < -0.39 is 18.0 Å². The summed E-state index contributed by atoms with van der Waals surface area (Å²) < 4.78 is 0. The van der Waals surface area contributed by atoms with Crippen LogP contribution in [-0.4, -0.2) is 28.2 Å². The Morgan fingerprint density at radius 3 is 2.33 bits per heavy atom. The van der Waals surface area contributed by atoms with Crippen molar-refractivity contribution in [2.24, 2.45) is 5.73 Å². The first-order valence-electron chi connectivity index (χ1n) is 3.73. The minimum atomic E-state index is -1.14. The van der Waals surface area contributed by atoms with E-state index in [1.54, 1.807) is 0 Å². The molecular formula is C7H13NO4. The smallest absolute Gasteiger partial charge is 0.303 e. The first kappa shape index (κ1) is 10.9. The van der Waals surface area contributed by atoms with Crippen LogP contribution >= 0.6 is 0 Å². The highest BCUT2D eigenvalue weighted by Crippen LogP contribution is 2.02. The molecule has 0 heterocycles. The Morgan fingerprint density at radius 1 is 1.33 bits per heavy atom. The molecular weight excluding hydrogens is 162 g/mol. The lowest BCUT2D eigenvalue weighted by Crippen LogP contribution is -2.27. The van der Waals surface area contributed by atoms with Gasteiger partial charge in [0.2, 0.25) is 5.91 Å². The van der Waals surface area contributed by atoms with Gasteiger partial charge in [0.1, 0.15) is 6.10 Å². The molecule has 0 saturated carbocycles. The summed E-state index contributed by atoms with van der Waals surface area (Å²) in [7, 11) is 0. The van der Waals surface area contributed by atoms with Crippen LogP contribution in [0.5, 0.6) is 0 Å². The van der Waals surface area contributed by atoms with E-state index in [1.807, 2.05) is 0 Å². The molecule has 0 aromatic carbocycles. The van der Waals surface area contributed by atoms with E-state index in [0.29, 0.717) is 12.8 Å². The van der Waals surface area contributed by atoms with Crippen molar-refractivity contribution < 1.29 is 19.8 Å². The molecule has 1 atom stereocenters. The molecule has 0 fully saturated rings. The molecule has 4 N–H and O–H groups in total. The molecule has 0 aliphatic carbocycles. The van der Waals surface area contributed by atoms with Crippen molar-refractivity contribution in [3.8, 4) is 0 Å². The Balaban J connectivity index is 3.31. The fraction of sp³-hybridized carbons (Fsp3) is 0.714. The van der Waals surface area contributed by atoms with Gasteiger partial charge in [-0.25, -0.2) is 0 Å². The largest absolute Gasteiger partial charge is 0.481 e. The number of carbonyl (C=O) groups is 2. The van der Waals surface area contributed by atoms with Crippen LogP contribution in [0.3, 0.4) is 0 Å². The van der Waals surface area contributed by atoms with Gasteiger partial charge in [0.25, 0.3) is 0 Å². The highest BCUT2D eigenvalue weighted by Gasteiger charge is 2.09. The van der Waals surface area contributed by atoms with Crippen molar-refractivity contribution in [1.82, 2.24) is 0 Å². The van der Waals surface area contributed by atoms with Crippen LogP contribution in [0.4, 0.5) is 0 Å². The minimum absolute atomic E-state index is 0.0610. The van der Waals surface area contributed by atoms with E-state index in [0.717, 1.165) is 0 Å². The Morgan fingerprint density at radius 2 is 1.92 bits per heavy atom. The number of nitrogens with two attached hydrogens (primary N) is 1. The summed E-state index contributed by atoms with van der Waals surface area (Å²) in [6.07, 6.45) is 0.114. The molecule has 0 spiro atoms. The molecule has 0 bridgehead atoms. The van der Waals surface area contributed by atoms with Crippen molar-refractivity contribution in [3.05, 3.63) is 0 Å². The van der Waals surface area contributed by atoms with E-state index >= 15 is 0 Å². The van der Waals surface area contributed by atoms with E-state index in [2.05, 4.69) is 0 Å². The molecule has 0 aliphatic heterocycles. The fourth-order valence-electron chi connectivity index (χ4n) is 0.756. The molecule has 0 rings (SSSR count). The van der Waals surface area contributed by atoms with Gasteiger partial charge in [-0.1, -0.05) is 0 Å². The third-order valence-corrected chi connectivity index (χ3v) is 1.45. The maximum Gasteiger partial charge on any atom is 0.303 e. The quantitative estimate of drug-likeness (QED) is 0.473. The first-order valence-corrected chi connectivity index (χ1v) is 3.73. The zero-order valence-electron chi connectivity index (χ0n) is 6.69. The summed E-state index contributed by atoms with van der Waals surface area (Å²) in [6, 6.07) is 0. The number of hydrogen-bond donors (Lipinski definition) is 3. The van der Waals surface area contributed by atoms with Crippen molar-refractivity contribution in [2.75, 3.05) is 0 Å². The lowest BCUT2D eigenvalue weighted by Gasteiger charge is -2.03. The number of rotatable bonds is 6. The second-order valence-electron chi connectivity index (χ2n) is 2.56. The van der Waals surface area contributed by atoms with Crippen LogP contribution in [0.2, 0.25) is 0 Å². The number of primary amides is 1. The number of carboxylic acid groups (broad SMARTS) is 1. The van der Waals surface area contributed by atoms with Gasteiger partial charge in [-0.3, -0.25) is 9.59 Å². The zero-order valence-corrected chi connectivity index (χ0v) is 6.69. The van der Waals surface area contributed by atoms with Crippen molar-refractivity contribution in [2.45, 2.75) is 31.8 Å². The molecule has 0 saturated heterocycles. The number of hydrogen-bond acceptors (Lipinski definition) is 3. The van der Waals surface area contributed by atoms with Gasteiger partial charge >= 0.3 is 5.97 Å². The predicted octanol–water partition coefficient (Wildman–Crippen LogP) is -0.522. The predicted molar refractivity (Wildman–Crippen MR) is 41.3 cm³/mol. The number of unbranched alkanes of at least 4 members (excludes halogenated alkanes) is 1. The minimum Gasteiger partial charge on any atom is -0.481 e. The molecule has 0 aromatic heterocycles. The molecule has 5 nitrogen and oxygen atoms in total. The van der Waals surface area contributed by atoms with Crippen molar-refractivity contribution in [3.63, 3.8) is 0 Å². The molecule has 1 unspecified atom stereocenters. The third-order valence-electron chi connectivity index (χ3n) is 1.45. The molecule has 12 heavy (non-hydrogen) atoms. The summed E-state index contributed by atoms with van der Waals surface area (Å²) in [6.45, 7) is 0. The van der Waals surface area contributed by atoms with Gasteiger partial charge in [0.05, 0.1) is 0 Å². The Hall–Kier alpha value is -1.10. The van der Waals surface area contributed by atoms with E-state index in [4.69, 9.17) is 15.9 Å². The maximum atomic E-state index is 10.3. The fourth-order valence-corrected chi connectivity index (χ4v) is 0.756. The average molecular weight is 175 g/mol. The second kappa shape index (κ2) is 5.54. The maximum absolute atomic E-state index is 10.3. The van der Waals surface area contributed by atoms with Crippen molar-refractivity contribution in [1.29, 1.82) is 0 Å². The topological polar surface area (TPSA) is 101 Å². The van der Waals surface area contributed by atoms with Gasteiger partial charge in [-0.2, -0.15) is 0 Å². The SMILES string of the molecule is NC(=O)C(O)CCCCC(=O)O. The van der Waals surface area contributed by atoms with Gasteiger partial charge in [-0.05, 0) is 19.3 Å². The molecule has 0 radical (unpaired) electrons. The van der Waals surface area contributed by atoms with Crippen LogP contribution in [-0.2, 0) is 9.59 Å². The summed E-state index contributed by atoms with van der Waals surface area (Å²) in [5.41, 5.74) is 4.77.